The Morgan fingerprint density at radius 3 is 2.25 bits per heavy atom. The molecule has 8 heteroatoms. The third-order valence-corrected chi connectivity index (χ3v) is 1.91. The lowest BCUT2D eigenvalue weighted by molar-refractivity contribution is -0.137. The minimum atomic E-state index is -4.35. The van der Waals surface area contributed by atoms with E-state index in [1.165, 1.54) is 0 Å². The topological polar surface area (TPSA) is 124 Å². The van der Waals surface area contributed by atoms with Crippen molar-refractivity contribution in [2.24, 2.45) is 5.18 Å². The number of rotatable bonds is 5. The monoisotopic (exact) mass is 197 g/mol. The SMILES string of the molecule is O=N[C@@H](CC(=O)O)CP(=O)(O)O. The van der Waals surface area contributed by atoms with Crippen LogP contribution in [0.25, 0.3) is 0 Å². The lowest BCUT2D eigenvalue weighted by Gasteiger charge is -2.06. The summed E-state index contributed by atoms with van der Waals surface area (Å²) in [6.45, 7) is 0. The van der Waals surface area contributed by atoms with Crippen LogP contribution in [-0.4, -0.2) is 33.1 Å². The summed E-state index contributed by atoms with van der Waals surface area (Å²) in [6.07, 6.45) is -1.47. The van der Waals surface area contributed by atoms with Crippen molar-refractivity contribution < 1.29 is 24.3 Å². The Bertz CT molecular complexity index is 222. The highest BCUT2D eigenvalue weighted by molar-refractivity contribution is 7.51. The fourth-order valence-electron chi connectivity index (χ4n) is 0.611. The summed E-state index contributed by atoms with van der Waals surface area (Å²) in [7, 11) is -4.35. The van der Waals surface area contributed by atoms with Gasteiger partial charge in [-0.2, -0.15) is 4.91 Å². The Morgan fingerprint density at radius 1 is 1.50 bits per heavy atom. The minimum absolute atomic E-state index is 0.658. The molecule has 0 aromatic carbocycles. The van der Waals surface area contributed by atoms with Crippen LogP contribution < -0.4 is 0 Å². The van der Waals surface area contributed by atoms with Gasteiger partial charge in [0.2, 0.25) is 0 Å². The maximum absolute atomic E-state index is 10.3. The van der Waals surface area contributed by atoms with Gasteiger partial charge < -0.3 is 14.9 Å². The smallest absolute Gasteiger partial charge is 0.327 e. The van der Waals surface area contributed by atoms with Crippen LogP contribution in [0.5, 0.6) is 0 Å². The molecule has 0 aliphatic heterocycles. The van der Waals surface area contributed by atoms with E-state index in [1.807, 2.05) is 0 Å². The first-order valence-electron chi connectivity index (χ1n) is 2.94. The lowest BCUT2D eigenvalue weighted by Crippen LogP contribution is -2.15. The number of carboxylic acids is 1. The van der Waals surface area contributed by atoms with Crippen molar-refractivity contribution in [2.45, 2.75) is 12.5 Å². The molecule has 7 nitrogen and oxygen atoms in total. The van der Waals surface area contributed by atoms with Crippen LogP contribution in [0.1, 0.15) is 6.42 Å². The van der Waals surface area contributed by atoms with Gasteiger partial charge in [-0.3, -0.25) is 9.36 Å². The molecule has 0 unspecified atom stereocenters. The van der Waals surface area contributed by atoms with E-state index in [9.17, 15) is 14.3 Å². The van der Waals surface area contributed by atoms with E-state index in [2.05, 4.69) is 5.18 Å². The molecule has 0 heterocycles. The van der Waals surface area contributed by atoms with Gasteiger partial charge in [-0.15, -0.1) is 0 Å². The fraction of sp³-hybridized carbons (Fsp3) is 0.750. The zero-order valence-electron chi connectivity index (χ0n) is 5.95. The fourth-order valence-corrected chi connectivity index (χ4v) is 1.36. The molecule has 0 saturated heterocycles. The standard InChI is InChI=1S/C4H8NO6P/c6-4(7)1-3(5-8)2-12(9,10)11/h3H,1-2H2,(H,6,7)(H2,9,10,11)/t3-/m0/s1. The average molecular weight is 197 g/mol. The molecule has 0 aliphatic rings. The zero-order chi connectivity index (χ0) is 9.78. The van der Waals surface area contributed by atoms with E-state index in [0.717, 1.165) is 0 Å². The van der Waals surface area contributed by atoms with E-state index in [4.69, 9.17) is 14.9 Å². The second kappa shape index (κ2) is 4.30. The van der Waals surface area contributed by atoms with Crippen molar-refractivity contribution in [1.82, 2.24) is 0 Å². The van der Waals surface area contributed by atoms with Gasteiger partial charge in [-0.1, -0.05) is 5.18 Å². The number of nitroso groups, excluding NO2 is 1. The van der Waals surface area contributed by atoms with Crippen LogP contribution in [0, 0.1) is 4.91 Å². The molecule has 12 heavy (non-hydrogen) atoms. The van der Waals surface area contributed by atoms with Crippen LogP contribution in [0.15, 0.2) is 5.18 Å². The van der Waals surface area contributed by atoms with Gasteiger partial charge in [0, 0.05) is 0 Å². The molecular formula is C4H8NO6P. The summed E-state index contributed by atoms with van der Waals surface area (Å²) in [6, 6.07) is -1.36. The Morgan fingerprint density at radius 2 is 2.00 bits per heavy atom. The van der Waals surface area contributed by atoms with Crippen LogP contribution in [0.3, 0.4) is 0 Å². The van der Waals surface area contributed by atoms with Crippen LogP contribution >= 0.6 is 7.60 Å². The highest BCUT2D eigenvalue weighted by Gasteiger charge is 2.24. The molecule has 0 aromatic heterocycles. The maximum atomic E-state index is 10.3. The molecule has 0 radical (unpaired) electrons. The van der Waals surface area contributed by atoms with Gasteiger partial charge in [0.15, 0.2) is 0 Å². The molecular weight excluding hydrogens is 189 g/mol. The van der Waals surface area contributed by atoms with Crippen molar-refractivity contribution >= 4 is 13.6 Å². The normalized spacial score (nSPS) is 13.8. The van der Waals surface area contributed by atoms with Gasteiger partial charge in [-0.05, 0) is 0 Å². The van der Waals surface area contributed by atoms with Crippen molar-refractivity contribution in [3.8, 4) is 0 Å². The van der Waals surface area contributed by atoms with E-state index in [1.54, 1.807) is 0 Å². The van der Waals surface area contributed by atoms with Gasteiger partial charge >= 0.3 is 13.6 Å². The zero-order valence-corrected chi connectivity index (χ0v) is 6.85. The number of carboxylic acid groups (broad SMARTS) is 1. The van der Waals surface area contributed by atoms with Crippen molar-refractivity contribution in [1.29, 1.82) is 0 Å². The van der Waals surface area contributed by atoms with Crippen molar-refractivity contribution in [3.63, 3.8) is 0 Å². The average Bonchev–Trinajstić information content (AvgIpc) is 1.82. The molecule has 0 aliphatic carbocycles. The molecule has 0 saturated carbocycles. The van der Waals surface area contributed by atoms with E-state index < -0.39 is 32.2 Å². The summed E-state index contributed by atoms with van der Waals surface area (Å²) in [5, 5.41) is 10.5. The molecule has 0 aromatic rings. The molecule has 3 N–H and O–H groups in total. The Balaban J connectivity index is 4.10. The molecule has 1 atom stereocenters. The van der Waals surface area contributed by atoms with Gasteiger partial charge in [-0.25, -0.2) is 0 Å². The minimum Gasteiger partial charge on any atom is -0.481 e. The molecule has 0 fully saturated rings. The number of aliphatic carboxylic acids is 1. The third-order valence-electron chi connectivity index (χ3n) is 1.01. The van der Waals surface area contributed by atoms with E-state index in [-0.39, 0.29) is 0 Å². The highest BCUT2D eigenvalue weighted by atomic mass is 31.2. The maximum Gasteiger partial charge on any atom is 0.327 e. The quantitative estimate of drug-likeness (QED) is 0.413. The number of hydrogen-bond donors (Lipinski definition) is 3. The largest absolute Gasteiger partial charge is 0.481 e. The summed E-state index contributed by atoms with van der Waals surface area (Å²) >= 11 is 0. The summed E-state index contributed by atoms with van der Waals surface area (Å²) in [4.78, 5) is 36.6. The Kier molecular flexibility index (Phi) is 4.02. The van der Waals surface area contributed by atoms with Gasteiger partial charge in [0.05, 0.1) is 12.6 Å². The third kappa shape index (κ3) is 5.96. The second-order valence-corrected chi connectivity index (χ2v) is 3.90. The van der Waals surface area contributed by atoms with Crippen molar-refractivity contribution in [3.05, 3.63) is 4.91 Å². The Labute approximate surface area is 67.5 Å². The summed E-state index contributed by atoms with van der Waals surface area (Å²) in [5.74, 6) is -1.31. The number of carbonyl (C=O) groups is 1. The van der Waals surface area contributed by atoms with Gasteiger partial charge in [0.1, 0.15) is 6.04 Å². The lowest BCUT2D eigenvalue weighted by atomic mass is 10.2. The number of nitrogens with zero attached hydrogens (tertiary/aromatic N) is 1. The highest BCUT2D eigenvalue weighted by Crippen LogP contribution is 2.36. The first-order chi connectivity index (χ1) is 5.35. The molecule has 0 bridgehead atoms. The molecule has 0 spiro atoms. The first-order valence-corrected chi connectivity index (χ1v) is 4.73. The van der Waals surface area contributed by atoms with Crippen LogP contribution in [-0.2, 0) is 9.36 Å². The summed E-state index contributed by atoms with van der Waals surface area (Å²) < 4.78 is 10.3. The molecule has 70 valence electrons. The van der Waals surface area contributed by atoms with Crippen LogP contribution in [0.4, 0.5) is 0 Å². The molecule has 0 amide bonds. The summed E-state index contributed by atoms with van der Waals surface area (Å²) in [5.41, 5.74) is 0. The predicted octanol–water partition coefficient (Wildman–Crippen LogP) is -0.226. The van der Waals surface area contributed by atoms with Gasteiger partial charge in [0.25, 0.3) is 0 Å². The Hall–Kier alpha value is -0.780. The predicted molar refractivity (Wildman–Crippen MR) is 38.7 cm³/mol. The first kappa shape index (κ1) is 11.2. The van der Waals surface area contributed by atoms with E-state index in [0.29, 0.717) is 0 Å². The van der Waals surface area contributed by atoms with Crippen molar-refractivity contribution in [2.75, 3.05) is 6.16 Å². The van der Waals surface area contributed by atoms with E-state index >= 15 is 0 Å². The molecule has 0 rings (SSSR count). The second-order valence-electron chi connectivity index (χ2n) is 2.20. The van der Waals surface area contributed by atoms with Crippen LogP contribution in [0.2, 0.25) is 0 Å². The number of hydrogen-bond acceptors (Lipinski definition) is 4.